The second-order valence-electron chi connectivity index (χ2n) is 2.18. The van der Waals surface area contributed by atoms with Gasteiger partial charge in [0.2, 0.25) is 0 Å². The van der Waals surface area contributed by atoms with Crippen LogP contribution in [0.4, 0.5) is 0 Å². The van der Waals surface area contributed by atoms with Crippen LogP contribution in [-0.4, -0.2) is 12.3 Å². The van der Waals surface area contributed by atoms with E-state index in [9.17, 15) is 4.57 Å². The second-order valence-corrected chi connectivity index (χ2v) is 4.97. The summed E-state index contributed by atoms with van der Waals surface area (Å²) in [6.45, 7) is 1.84. The van der Waals surface area contributed by atoms with Crippen molar-refractivity contribution in [3.8, 4) is 12.3 Å². The molecule has 54 valence electrons. The maximum absolute atomic E-state index is 11.4. The predicted octanol–water partition coefficient (Wildman–Crippen LogP) is 1.83. The molecule has 0 aromatic heterocycles. The third-order valence-electron chi connectivity index (χ3n) is 1.47. The molecule has 1 aliphatic rings. The fourth-order valence-electron chi connectivity index (χ4n) is 0.760. The molecule has 0 saturated heterocycles. The Morgan fingerprint density at radius 1 is 2.00 bits per heavy atom. The SMILES string of the molecule is C#CC1=COP(=O)(CC)C1. The van der Waals surface area contributed by atoms with Crippen molar-refractivity contribution < 1.29 is 9.09 Å². The number of hydrogen-bond acceptors (Lipinski definition) is 2. The molecule has 3 heteroatoms. The molecule has 0 aliphatic carbocycles. The lowest BCUT2D eigenvalue weighted by Crippen LogP contribution is -1.87. The first-order valence-corrected chi connectivity index (χ1v) is 5.12. The van der Waals surface area contributed by atoms with Gasteiger partial charge in [0.1, 0.15) is 6.26 Å². The summed E-state index contributed by atoms with van der Waals surface area (Å²) in [6, 6.07) is 0. The van der Waals surface area contributed by atoms with Crippen LogP contribution < -0.4 is 0 Å². The van der Waals surface area contributed by atoms with Crippen LogP contribution in [0.15, 0.2) is 11.8 Å². The van der Waals surface area contributed by atoms with Crippen LogP contribution in [0.3, 0.4) is 0 Å². The van der Waals surface area contributed by atoms with Crippen LogP contribution in [0.25, 0.3) is 0 Å². The minimum absolute atomic E-state index is 0.444. The monoisotopic (exact) mass is 156 g/mol. The Kier molecular flexibility index (Phi) is 1.87. The van der Waals surface area contributed by atoms with E-state index >= 15 is 0 Å². The molecule has 0 aromatic rings. The van der Waals surface area contributed by atoms with Crippen LogP contribution in [0.1, 0.15) is 6.92 Å². The van der Waals surface area contributed by atoms with Crippen molar-refractivity contribution >= 4 is 7.37 Å². The average Bonchev–Trinajstić information content (AvgIpc) is 2.33. The standard InChI is InChI=1S/C7H9O2P/c1-3-7-5-9-10(8,4-2)6-7/h1,5H,4,6H2,2H3. The minimum atomic E-state index is -2.36. The van der Waals surface area contributed by atoms with Gasteiger partial charge in [0.25, 0.3) is 7.37 Å². The van der Waals surface area contributed by atoms with E-state index in [4.69, 9.17) is 10.9 Å². The Labute approximate surface area is 60.7 Å². The predicted molar refractivity (Wildman–Crippen MR) is 41.0 cm³/mol. The van der Waals surface area contributed by atoms with Crippen molar-refractivity contribution in [1.29, 1.82) is 0 Å². The molecule has 1 rings (SSSR count). The molecule has 10 heavy (non-hydrogen) atoms. The molecule has 1 heterocycles. The average molecular weight is 156 g/mol. The Balaban J connectivity index is 2.70. The summed E-state index contributed by atoms with van der Waals surface area (Å²) >= 11 is 0. The van der Waals surface area contributed by atoms with Gasteiger partial charge < -0.3 is 4.52 Å². The van der Waals surface area contributed by atoms with Gasteiger partial charge in [-0.05, 0) is 0 Å². The Bertz CT molecular complexity index is 247. The van der Waals surface area contributed by atoms with E-state index < -0.39 is 7.37 Å². The van der Waals surface area contributed by atoms with E-state index in [0.717, 1.165) is 0 Å². The molecular formula is C7H9O2P. The molecule has 2 nitrogen and oxygen atoms in total. The van der Waals surface area contributed by atoms with Gasteiger partial charge in [-0.1, -0.05) is 12.8 Å². The first kappa shape index (κ1) is 7.44. The van der Waals surface area contributed by atoms with Gasteiger partial charge in [-0.2, -0.15) is 0 Å². The highest BCUT2D eigenvalue weighted by Gasteiger charge is 2.27. The molecular weight excluding hydrogens is 147 g/mol. The van der Waals surface area contributed by atoms with E-state index in [1.54, 1.807) is 0 Å². The summed E-state index contributed by atoms with van der Waals surface area (Å²) in [5, 5.41) is 0. The lowest BCUT2D eigenvalue weighted by Gasteiger charge is -2.05. The number of allylic oxidation sites excluding steroid dienone is 1. The molecule has 0 aromatic carbocycles. The van der Waals surface area contributed by atoms with Crippen LogP contribution in [0.2, 0.25) is 0 Å². The number of hydrogen-bond donors (Lipinski definition) is 0. The lowest BCUT2D eigenvalue weighted by atomic mass is 10.4. The highest BCUT2D eigenvalue weighted by atomic mass is 31.2. The van der Waals surface area contributed by atoms with Crippen molar-refractivity contribution in [3.05, 3.63) is 11.8 Å². The fraction of sp³-hybridized carbons (Fsp3) is 0.429. The van der Waals surface area contributed by atoms with E-state index in [1.165, 1.54) is 6.26 Å². The maximum atomic E-state index is 11.4. The lowest BCUT2D eigenvalue weighted by molar-refractivity contribution is 0.454. The summed E-state index contributed by atoms with van der Waals surface area (Å²) in [7, 11) is -2.36. The topological polar surface area (TPSA) is 26.3 Å². The first-order chi connectivity index (χ1) is 4.70. The molecule has 0 amide bonds. The van der Waals surface area contributed by atoms with E-state index in [-0.39, 0.29) is 0 Å². The van der Waals surface area contributed by atoms with Gasteiger partial charge >= 0.3 is 0 Å². The van der Waals surface area contributed by atoms with Gasteiger partial charge in [0.15, 0.2) is 0 Å². The quantitative estimate of drug-likeness (QED) is 0.427. The summed E-state index contributed by atoms with van der Waals surface area (Å²) in [5.41, 5.74) is 0.713. The van der Waals surface area contributed by atoms with Gasteiger partial charge in [-0.3, -0.25) is 4.57 Å². The highest BCUT2D eigenvalue weighted by Crippen LogP contribution is 2.52. The van der Waals surface area contributed by atoms with Crippen molar-refractivity contribution in [2.75, 3.05) is 12.3 Å². The first-order valence-electron chi connectivity index (χ1n) is 3.12. The van der Waals surface area contributed by atoms with Crippen LogP contribution in [0.5, 0.6) is 0 Å². The van der Waals surface area contributed by atoms with Crippen LogP contribution in [-0.2, 0) is 9.09 Å². The summed E-state index contributed by atoms with van der Waals surface area (Å²) in [5.74, 6) is 2.42. The number of rotatable bonds is 1. The zero-order chi connectivity index (χ0) is 7.61. The fourth-order valence-corrected chi connectivity index (χ4v) is 2.21. The molecule has 0 fully saturated rings. The van der Waals surface area contributed by atoms with E-state index in [2.05, 4.69) is 5.92 Å². The maximum Gasteiger partial charge on any atom is 0.252 e. The van der Waals surface area contributed by atoms with Gasteiger partial charge in [0.05, 0.1) is 6.16 Å². The molecule has 0 spiro atoms. The molecule has 0 bridgehead atoms. The molecule has 1 aliphatic heterocycles. The summed E-state index contributed by atoms with van der Waals surface area (Å²) < 4.78 is 16.3. The Hall–Kier alpha value is -0.670. The zero-order valence-electron chi connectivity index (χ0n) is 5.83. The third-order valence-corrected chi connectivity index (χ3v) is 3.74. The van der Waals surface area contributed by atoms with Gasteiger partial charge in [-0.15, -0.1) is 6.42 Å². The van der Waals surface area contributed by atoms with Gasteiger partial charge in [-0.25, -0.2) is 0 Å². The minimum Gasteiger partial charge on any atom is -0.449 e. The van der Waals surface area contributed by atoms with E-state index in [1.807, 2.05) is 6.92 Å². The van der Waals surface area contributed by atoms with Crippen LogP contribution in [0, 0.1) is 12.3 Å². The van der Waals surface area contributed by atoms with E-state index in [0.29, 0.717) is 17.9 Å². The zero-order valence-corrected chi connectivity index (χ0v) is 6.73. The highest BCUT2D eigenvalue weighted by molar-refractivity contribution is 7.59. The Morgan fingerprint density at radius 3 is 3.00 bits per heavy atom. The van der Waals surface area contributed by atoms with Crippen molar-refractivity contribution in [2.45, 2.75) is 6.92 Å². The normalized spacial score (nSPS) is 30.6. The van der Waals surface area contributed by atoms with Crippen LogP contribution >= 0.6 is 7.37 Å². The summed E-state index contributed by atoms with van der Waals surface area (Å²) in [4.78, 5) is 0. The molecule has 0 N–H and O–H groups in total. The third kappa shape index (κ3) is 1.25. The molecule has 1 atom stereocenters. The molecule has 1 unspecified atom stereocenters. The molecule has 0 saturated carbocycles. The Morgan fingerprint density at radius 2 is 2.70 bits per heavy atom. The largest absolute Gasteiger partial charge is 0.449 e. The number of terminal acetylenes is 1. The van der Waals surface area contributed by atoms with Gasteiger partial charge in [0, 0.05) is 11.7 Å². The smallest absolute Gasteiger partial charge is 0.252 e. The van der Waals surface area contributed by atoms with Crippen molar-refractivity contribution in [3.63, 3.8) is 0 Å². The van der Waals surface area contributed by atoms with Crippen molar-refractivity contribution in [1.82, 2.24) is 0 Å². The second kappa shape index (κ2) is 2.52. The molecule has 0 radical (unpaired) electrons. The summed E-state index contributed by atoms with van der Waals surface area (Å²) in [6.07, 6.45) is 7.53. The van der Waals surface area contributed by atoms with Crippen molar-refractivity contribution in [2.24, 2.45) is 0 Å².